The highest BCUT2D eigenvalue weighted by molar-refractivity contribution is 5.79. The fourth-order valence-electron chi connectivity index (χ4n) is 2.34. The van der Waals surface area contributed by atoms with E-state index in [0.29, 0.717) is 0 Å². The monoisotopic (exact) mass is 375 g/mol. The number of amides is 1. The average Bonchev–Trinajstić information content (AvgIpc) is 2.66. The van der Waals surface area contributed by atoms with Crippen LogP contribution in [0.2, 0.25) is 0 Å². The van der Waals surface area contributed by atoms with Gasteiger partial charge in [0.15, 0.2) is 6.10 Å². The van der Waals surface area contributed by atoms with Crippen molar-refractivity contribution in [2.24, 2.45) is 5.92 Å². The van der Waals surface area contributed by atoms with Gasteiger partial charge in [-0.05, 0) is 35.7 Å². The predicted octanol–water partition coefficient (Wildman–Crippen LogP) is 3.04. The Morgan fingerprint density at radius 2 is 1.70 bits per heavy atom. The second-order valence-electron chi connectivity index (χ2n) is 6.30. The van der Waals surface area contributed by atoms with Gasteiger partial charge in [-0.2, -0.15) is 0 Å². The Morgan fingerprint density at radius 1 is 1.07 bits per heavy atom. The zero-order valence-electron chi connectivity index (χ0n) is 15.1. The molecule has 2 rings (SSSR count). The molecular weight excluding hydrogens is 353 g/mol. The van der Waals surface area contributed by atoms with Crippen molar-refractivity contribution in [2.75, 3.05) is 0 Å². The van der Waals surface area contributed by atoms with Crippen LogP contribution in [0.3, 0.4) is 0 Å². The van der Waals surface area contributed by atoms with Crippen LogP contribution in [0.5, 0.6) is 5.75 Å². The fraction of sp³-hybridized carbons (Fsp3) is 0.300. The van der Waals surface area contributed by atoms with Crippen molar-refractivity contribution in [1.82, 2.24) is 5.32 Å². The fourth-order valence-corrected chi connectivity index (χ4v) is 2.34. The van der Waals surface area contributed by atoms with Crippen molar-refractivity contribution in [3.63, 3.8) is 0 Å². The topological polar surface area (TPSA) is 84.9 Å². The lowest BCUT2D eigenvalue weighted by atomic mass is 9.99. The molecule has 1 amide bonds. The van der Waals surface area contributed by atoms with Gasteiger partial charge in [0.25, 0.3) is 0 Å². The van der Waals surface area contributed by atoms with Crippen molar-refractivity contribution in [2.45, 2.75) is 32.6 Å². The second kappa shape index (κ2) is 9.68. The largest absolute Gasteiger partial charge is 0.445 e. The number of aliphatic hydroxyl groups is 1. The molecule has 0 spiro atoms. The van der Waals surface area contributed by atoms with Crippen molar-refractivity contribution in [3.8, 4) is 5.75 Å². The summed E-state index contributed by atoms with van der Waals surface area (Å²) in [6, 6.07) is 13.0. The lowest BCUT2D eigenvalue weighted by Gasteiger charge is -2.25. The number of carbonyl (C=O) groups excluding carboxylic acids is 2. The van der Waals surface area contributed by atoms with Gasteiger partial charge in [0, 0.05) is 0 Å². The summed E-state index contributed by atoms with van der Waals surface area (Å²) in [7, 11) is 0. The Kier molecular flexibility index (Phi) is 7.31. The Bertz CT molecular complexity index is 749. The SMILES string of the molecule is CC(C)[C@H](NC(=O)OCc1ccccc1)[C@@H](O)C(=O)Oc1ccc(F)cc1. The lowest BCUT2D eigenvalue weighted by Crippen LogP contribution is -2.51. The first-order valence-corrected chi connectivity index (χ1v) is 8.49. The molecular formula is C20H22FNO5. The van der Waals surface area contributed by atoms with Gasteiger partial charge >= 0.3 is 12.1 Å². The summed E-state index contributed by atoms with van der Waals surface area (Å²) in [4.78, 5) is 24.2. The van der Waals surface area contributed by atoms with Gasteiger partial charge < -0.3 is 19.9 Å². The molecule has 0 aliphatic rings. The number of carbonyl (C=O) groups is 2. The van der Waals surface area contributed by atoms with E-state index >= 15 is 0 Å². The van der Waals surface area contributed by atoms with Crippen LogP contribution in [0.15, 0.2) is 54.6 Å². The van der Waals surface area contributed by atoms with Crippen molar-refractivity contribution in [3.05, 3.63) is 66.0 Å². The van der Waals surface area contributed by atoms with Crippen LogP contribution < -0.4 is 10.1 Å². The first-order valence-electron chi connectivity index (χ1n) is 8.49. The van der Waals surface area contributed by atoms with Crippen molar-refractivity contribution >= 4 is 12.1 Å². The number of ether oxygens (including phenoxy) is 2. The standard InChI is InChI=1S/C20H22FNO5/c1-13(2)17(22-20(25)26-12-14-6-4-3-5-7-14)18(23)19(24)27-16-10-8-15(21)9-11-16/h3-11,13,17-18,23H,12H2,1-2H3,(H,22,25)/t17-,18+/m0/s1. The van der Waals surface area contributed by atoms with Crippen LogP contribution in [0, 0.1) is 11.7 Å². The number of halogens is 1. The van der Waals surface area contributed by atoms with E-state index in [1.54, 1.807) is 13.8 Å². The van der Waals surface area contributed by atoms with E-state index in [-0.39, 0.29) is 18.3 Å². The van der Waals surface area contributed by atoms with Gasteiger partial charge in [0.2, 0.25) is 0 Å². The van der Waals surface area contributed by atoms with Gasteiger partial charge in [-0.15, -0.1) is 0 Å². The third-order valence-electron chi connectivity index (χ3n) is 3.83. The van der Waals surface area contributed by atoms with E-state index in [2.05, 4.69) is 5.32 Å². The molecule has 27 heavy (non-hydrogen) atoms. The first kappa shape index (κ1) is 20.4. The van der Waals surface area contributed by atoms with Gasteiger partial charge in [-0.3, -0.25) is 0 Å². The Morgan fingerprint density at radius 3 is 2.30 bits per heavy atom. The molecule has 0 radical (unpaired) electrons. The molecule has 2 N–H and O–H groups in total. The summed E-state index contributed by atoms with van der Waals surface area (Å²) < 4.78 is 23.0. The number of esters is 1. The molecule has 0 unspecified atom stereocenters. The van der Waals surface area contributed by atoms with E-state index in [4.69, 9.17) is 9.47 Å². The molecule has 0 aliphatic carbocycles. The third kappa shape index (κ3) is 6.38. The summed E-state index contributed by atoms with van der Waals surface area (Å²) >= 11 is 0. The predicted molar refractivity (Wildman–Crippen MR) is 96.4 cm³/mol. The molecule has 144 valence electrons. The minimum Gasteiger partial charge on any atom is -0.445 e. The molecule has 0 aromatic heterocycles. The van der Waals surface area contributed by atoms with Gasteiger partial charge in [-0.25, -0.2) is 14.0 Å². The van der Waals surface area contributed by atoms with E-state index in [9.17, 15) is 19.1 Å². The van der Waals surface area contributed by atoms with Gasteiger partial charge in [0.05, 0.1) is 6.04 Å². The number of nitrogens with one attached hydrogen (secondary N) is 1. The number of hydrogen-bond acceptors (Lipinski definition) is 5. The Hall–Kier alpha value is -2.93. The number of benzene rings is 2. The highest BCUT2D eigenvalue weighted by Crippen LogP contribution is 2.15. The van der Waals surface area contributed by atoms with Crippen LogP contribution in [0.25, 0.3) is 0 Å². The summed E-state index contributed by atoms with van der Waals surface area (Å²) in [6.07, 6.45) is -2.37. The van der Waals surface area contributed by atoms with E-state index in [1.807, 2.05) is 30.3 Å². The van der Waals surface area contributed by atoms with E-state index in [1.165, 1.54) is 12.1 Å². The number of aliphatic hydroxyl groups excluding tert-OH is 1. The van der Waals surface area contributed by atoms with Crippen LogP contribution in [0.4, 0.5) is 9.18 Å². The average molecular weight is 375 g/mol. The number of hydrogen-bond donors (Lipinski definition) is 2. The summed E-state index contributed by atoms with van der Waals surface area (Å²) in [6.45, 7) is 3.53. The second-order valence-corrected chi connectivity index (χ2v) is 6.30. The van der Waals surface area contributed by atoms with E-state index in [0.717, 1.165) is 17.7 Å². The maximum atomic E-state index is 12.9. The van der Waals surface area contributed by atoms with Crippen molar-refractivity contribution < 1.29 is 28.6 Å². The molecule has 2 atom stereocenters. The molecule has 0 aliphatic heterocycles. The van der Waals surface area contributed by atoms with Crippen LogP contribution in [-0.2, 0) is 16.1 Å². The lowest BCUT2D eigenvalue weighted by molar-refractivity contribution is -0.145. The van der Waals surface area contributed by atoms with E-state index < -0.39 is 30.0 Å². The van der Waals surface area contributed by atoms with Gasteiger partial charge in [0.1, 0.15) is 18.2 Å². The molecule has 0 fully saturated rings. The molecule has 2 aromatic carbocycles. The smallest absolute Gasteiger partial charge is 0.407 e. The molecule has 0 saturated heterocycles. The summed E-state index contributed by atoms with van der Waals surface area (Å²) in [5.74, 6) is -1.61. The molecule has 2 aromatic rings. The maximum absolute atomic E-state index is 12.9. The zero-order chi connectivity index (χ0) is 19.8. The molecule has 7 heteroatoms. The van der Waals surface area contributed by atoms with Crippen LogP contribution in [-0.4, -0.2) is 29.3 Å². The Labute approximate surface area is 156 Å². The molecule has 0 heterocycles. The summed E-state index contributed by atoms with van der Waals surface area (Å²) in [5.41, 5.74) is 0.810. The minimum atomic E-state index is -1.61. The number of rotatable bonds is 7. The molecule has 0 bridgehead atoms. The Balaban J connectivity index is 1.93. The van der Waals surface area contributed by atoms with Gasteiger partial charge in [-0.1, -0.05) is 44.2 Å². The first-order chi connectivity index (χ1) is 12.9. The van der Waals surface area contributed by atoms with Crippen LogP contribution >= 0.6 is 0 Å². The molecule has 0 saturated carbocycles. The highest BCUT2D eigenvalue weighted by Gasteiger charge is 2.32. The number of alkyl carbamates (subject to hydrolysis) is 1. The summed E-state index contributed by atoms with van der Waals surface area (Å²) in [5, 5.41) is 12.8. The van der Waals surface area contributed by atoms with Crippen molar-refractivity contribution in [1.29, 1.82) is 0 Å². The highest BCUT2D eigenvalue weighted by atomic mass is 19.1. The van der Waals surface area contributed by atoms with Crippen LogP contribution in [0.1, 0.15) is 19.4 Å². The normalized spacial score (nSPS) is 12.9. The minimum absolute atomic E-state index is 0.0631. The third-order valence-corrected chi connectivity index (χ3v) is 3.83. The quantitative estimate of drug-likeness (QED) is 0.574. The molecule has 6 nitrogen and oxygen atoms in total. The maximum Gasteiger partial charge on any atom is 0.407 e. The zero-order valence-corrected chi connectivity index (χ0v) is 15.1.